The second-order valence-corrected chi connectivity index (χ2v) is 7.87. The molecular weight excluding hydrogens is 372 g/mol. The molecule has 1 unspecified atom stereocenters. The lowest BCUT2D eigenvalue weighted by molar-refractivity contribution is -0.116. The van der Waals surface area contributed by atoms with Crippen LogP contribution in [0.15, 0.2) is 71.1 Å². The van der Waals surface area contributed by atoms with Crippen LogP contribution < -0.4 is 16.0 Å². The summed E-state index contributed by atoms with van der Waals surface area (Å²) in [5.41, 5.74) is 4.91. The Kier molecular flexibility index (Phi) is 11.8. The number of allylic oxidation sites excluding steroid dienone is 6. The number of hydrogen-bond acceptors (Lipinski definition) is 4. The number of carbonyl (C=O) groups excluding carboxylic acids is 1. The molecule has 0 radical (unpaired) electrons. The monoisotopic (exact) mass is 412 g/mol. The highest BCUT2D eigenvalue weighted by atomic mass is 16.1. The van der Waals surface area contributed by atoms with Crippen LogP contribution in [-0.4, -0.2) is 51.1 Å². The molecular formula is C25H40N4O. The van der Waals surface area contributed by atoms with Crippen molar-refractivity contribution in [1.29, 1.82) is 0 Å². The first-order valence-electron chi connectivity index (χ1n) is 10.8. The second kappa shape index (κ2) is 13.8. The van der Waals surface area contributed by atoms with Crippen molar-refractivity contribution in [1.82, 2.24) is 20.9 Å². The highest BCUT2D eigenvalue weighted by Crippen LogP contribution is 2.28. The van der Waals surface area contributed by atoms with Crippen LogP contribution in [-0.2, 0) is 4.79 Å². The van der Waals surface area contributed by atoms with Crippen molar-refractivity contribution in [2.24, 2.45) is 5.92 Å². The minimum absolute atomic E-state index is 0.0448. The molecule has 1 amide bonds. The van der Waals surface area contributed by atoms with Gasteiger partial charge >= 0.3 is 0 Å². The molecule has 0 aromatic heterocycles. The fourth-order valence-electron chi connectivity index (χ4n) is 3.00. The molecule has 1 atom stereocenters. The Bertz CT molecular complexity index is 740. The molecule has 0 heterocycles. The van der Waals surface area contributed by atoms with Crippen molar-refractivity contribution >= 4 is 5.91 Å². The van der Waals surface area contributed by atoms with E-state index in [2.05, 4.69) is 67.4 Å². The van der Waals surface area contributed by atoms with Gasteiger partial charge in [-0.25, -0.2) is 0 Å². The Morgan fingerprint density at radius 2 is 2.03 bits per heavy atom. The molecule has 0 saturated carbocycles. The van der Waals surface area contributed by atoms with Crippen molar-refractivity contribution in [2.75, 3.05) is 40.3 Å². The summed E-state index contributed by atoms with van der Waals surface area (Å²) in [5, 5.41) is 9.51. The molecule has 0 aromatic rings. The standard InChI is InChI=1S/C25H40N4O/c1-8-22(12-10-20(4)17-27-14-15-29(7)9-2)28-18-21(5)24-16-19(3)11-13-23(24)25(30)26-6/h8,10,12-13,16,18-19,27-28H,1,9,11,14-15,17H2,2-7H3,(H,26,30)/b20-10+,21-18+,22-12+. The first-order chi connectivity index (χ1) is 14.3. The summed E-state index contributed by atoms with van der Waals surface area (Å²) in [5.74, 6) is 0.373. The van der Waals surface area contributed by atoms with E-state index in [1.54, 1.807) is 13.1 Å². The molecule has 0 aromatic carbocycles. The van der Waals surface area contributed by atoms with Crippen molar-refractivity contribution in [2.45, 2.75) is 34.1 Å². The predicted molar refractivity (Wildman–Crippen MR) is 129 cm³/mol. The van der Waals surface area contributed by atoms with Crippen LogP contribution in [0.5, 0.6) is 0 Å². The molecule has 30 heavy (non-hydrogen) atoms. The van der Waals surface area contributed by atoms with E-state index in [0.717, 1.165) is 55.0 Å². The molecule has 0 fully saturated rings. The number of nitrogens with zero attached hydrogens (tertiary/aromatic N) is 1. The van der Waals surface area contributed by atoms with Crippen LogP contribution in [0.4, 0.5) is 0 Å². The molecule has 0 bridgehead atoms. The van der Waals surface area contributed by atoms with Crippen LogP contribution in [0.3, 0.4) is 0 Å². The zero-order valence-electron chi connectivity index (χ0n) is 19.6. The first-order valence-corrected chi connectivity index (χ1v) is 10.8. The average Bonchev–Trinajstić information content (AvgIpc) is 2.75. The van der Waals surface area contributed by atoms with Gasteiger partial charge in [0.25, 0.3) is 5.91 Å². The largest absolute Gasteiger partial charge is 0.361 e. The van der Waals surface area contributed by atoms with Crippen LogP contribution in [0.25, 0.3) is 0 Å². The van der Waals surface area contributed by atoms with Crippen LogP contribution in [0, 0.1) is 5.92 Å². The lowest BCUT2D eigenvalue weighted by Gasteiger charge is -2.19. The van der Waals surface area contributed by atoms with Crippen molar-refractivity contribution in [3.05, 3.63) is 71.1 Å². The molecule has 3 N–H and O–H groups in total. The Hall–Kier alpha value is -2.37. The second-order valence-electron chi connectivity index (χ2n) is 7.87. The number of carbonyl (C=O) groups is 1. The van der Waals surface area contributed by atoms with Gasteiger partial charge in [0.2, 0.25) is 0 Å². The predicted octanol–water partition coefficient (Wildman–Crippen LogP) is 3.68. The van der Waals surface area contributed by atoms with E-state index in [-0.39, 0.29) is 5.91 Å². The Balaban J connectivity index is 2.74. The maximum Gasteiger partial charge on any atom is 0.251 e. The summed E-state index contributed by atoms with van der Waals surface area (Å²) >= 11 is 0. The van der Waals surface area contributed by atoms with Gasteiger partial charge in [0.1, 0.15) is 0 Å². The zero-order valence-corrected chi connectivity index (χ0v) is 19.6. The van der Waals surface area contributed by atoms with E-state index in [4.69, 9.17) is 0 Å². The Morgan fingerprint density at radius 1 is 1.30 bits per heavy atom. The third-order valence-corrected chi connectivity index (χ3v) is 5.17. The number of nitrogens with one attached hydrogen (secondary N) is 3. The summed E-state index contributed by atoms with van der Waals surface area (Å²) in [4.78, 5) is 14.5. The number of amides is 1. The molecule has 5 nitrogen and oxygen atoms in total. The Labute approximate surface area is 183 Å². The topological polar surface area (TPSA) is 56.4 Å². The molecule has 5 heteroatoms. The van der Waals surface area contributed by atoms with Gasteiger partial charge in [-0.1, -0.05) is 44.2 Å². The van der Waals surface area contributed by atoms with Gasteiger partial charge in [-0.05, 0) is 63.1 Å². The van der Waals surface area contributed by atoms with Gasteiger partial charge in [0.05, 0.1) is 0 Å². The molecule has 0 saturated heterocycles. The van der Waals surface area contributed by atoms with Gasteiger partial charge in [0, 0.05) is 44.2 Å². The fraction of sp³-hybridized carbons (Fsp3) is 0.480. The summed E-state index contributed by atoms with van der Waals surface area (Å²) in [7, 11) is 3.79. The van der Waals surface area contributed by atoms with Gasteiger partial charge in [-0.3, -0.25) is 4.79 Å². The van der Waals surface area contributed by atoms with Crippen molar-refractivity contribution in [3.63, 3.8) is 0 Å². The van der Waals surface area contributed by atoms with Crippen LogP contribution >= 0.6 is 0 Å². The third-order valence-electron chi connectivity index (χ3n) is 5.17. The lowest BCUT2D eigenvalue weighted by atomic mass is 9.87. The van der Waals surface area contributed by atoms with Gasteiger partial charge in [-0.2, -0.15) is 0 Å². The molecule has 1 aliphatic rings. The minimum atomic E-state index is -0.0448. The third kappa shape index (κ3) is 8.97. The van der Waals surface area contributed by atoms with E-state index in [1.807, 2.05) is 25.3 Å². The number of rotatable bonds is 12. The zero-order chi connectivity index (χ0) is 22.5. The molecule has 0 spiro atoms. The van der Waals surface area contributed by atoms with Crippen LogP contribution in [0.1, 0.15) is 34.1 Å². The lowest BCUT2D eigenvalue weighted by Crippen LogP contribution is -2.29. The number of likely N-dealkylation sites (N-methyl/N-ethyl adjacent to an activating group) is 2. The van der Waals surface area contributed by atoms with E-state index < -0.39 is 0 Å². The SMILES string of the molecule is C=C/C(=C\C=C(/C)CNCCN(C)CC)N/C=C(\C)C1=CC(C)CC=C1C(=O)NC. The quantitative estimate of drug-likeness (QED) is 0.338. The minimum Gasteiger partial charge on any atom is -0.361 e. The van der Waals surface area contributed by atoms with E-state index >= 15 is 0 Å². The summed E-state index contributed by atoms with van der Waals surface area (Å²) in [6.07, 6.45) is 12.9. The fourth-order valence-corrected chi connectivity index (χ4v) is 3.00. The summed E-state index contributed by atoms with van der Waals surface area (Å²) < 4.78 is 0. The van der Waals surface area contributed by atoms with E-state index in [0.29, 0.717) is 5.92 Å². The average molecular weight is 413 g/mol. The normalized spacial score (nSPS) is 18.1. The van der Waals surface area contributed by atoms with Gasteiger partial charge < -0.3 is 20.9 Å². The van der Waals surface area contributed by atoms with Gasteiger partial charge in [-0.15, -0.1) is 0 Å². The smallest absolute Gasteiger partial charge is 0.251 e. The Morgan fingerprint density at radius 3 is 2.67 bits per heavy atom. The highest BCUT2D eigenvalue weighted by molar-refractivity contribution is 5.99. The van der Waals surface area contributed by atoms with E-state index in [9.17, 15) is 4.79 Å². The molecule has 0 aliphatic heterocycles. The first kappa shape index (κ1) is 25.7. The van der Waals surface area contributed by atoms with Crippen LogP contribution in [0.2, 0.25) is 0 Å². The maximum atomic E-state index is 12.2. The van der Waals surface area contributed by atoms with Crippen molar-refractivity contribution < 1.29 is 4.79 Å². The number of hydrogen-bond donors (Lipinski definition) is 3. The van der Waals surface area contributed by atoms with E-state index in [1.165, 1.54) is 5.57 Å². The summed E-state index contributed by atoms with van der Waals surface area (Å²) in [6.45, 7) is 16.3. The highest BCUT2D eigenvalue weighted by Gasteiger charge is 2.19. The molecule has 1 rings (SSSR count). The maximum absolute atomic E-state index is 12.2. The van der Waals surface area contributed by atoms with Gasteiger partial charge in [0.15, 0.2) is 0 Å². The summed E-state index contributed by atoms with van der Waals surface area (Å²) in [6, 6.07) is 0. The van der Waals surface area contributed by atoms with Crippen molar-refractivity contribution in [3.8, 4) is 0 Å². The molecule has 1 aliphatic carbocycles. The molecule has 166 valence electrons.